The van der Waals surface area contributed by atoms with Gasteiger partial charge in [-0.2, -0.15) is 12.6 Å². The Hall–Kier alpha value is 0.300. The molecular weight excluding hydrogens is 216 g/mol. The first-order valence-electron chi connectivity index (χ1n) is 5.26. The summed E-state index contributed by atoms with van der Waals surface area (Å²) in [4.78, 5) is 0. The summed E-state index contributed by atoms with van der Waals surface area (Å²) >= 11 is 4.41. The third-order valence-electron chi connectivity index (χ3n) is 3.08. The number of thiol groups is 1. The fraction of sp³-hybridized carbons (Fsp3) is 1.00. The highest BCUT2D eigenvalue weighted by molar-refractivity contribution is 7.92. The molecule has 1 aliphatic heterocycles. The average molecular weight is 236 g/mol. The Labute approximate surface area is 92.8 Å². The second-order valence-corrected chi connectivity index (χ2v) is 7.72. The summed E-state index contributed by atoms with van der Waals surface area (Å²) in [5.41, 5.74) is 0. The van der Waals surface area contributed by atoms with Gasteiger partial charge in [0.15, 0.2) is 9.84 Å². The lowest BCUT2D eigenvalue weighted by Crippen LogP contribution is -2.43. The lowest BCUT2D eigenvalue weighted by atomic mass is 9.89. The van der Waals surface area contributed by atoms with Gasteiger partial charge in [0, 0.05) is 5.25 Å². The van der Waals surface area contributed by atoms with Gasteiger partial charge in [0.2, 0.25) is 0 Å². The summed E-state index contributed by atoms with van der Waals surface area (Å²) in [5, 5.41) is 0.00113. The zero-order valence-corrected chi connectivity index (χ0v) is 10.8. The van der Waals surface area contributed by atoms with Gasteiger partial charge in [-0.3, -0.25) is 0 Å². The maximum Gasteiger partial charge on any atom is 0.153 e. The van der Waals surface area contributed by atoms with Gasteiger partial charge in [0.05, 0.1) is 11.0 Å². The van der Waals surface area contributed by atoms with Crippen LogP contribution in [0.1, 0.15) is 33.6 Å². The van der Waals surface area contributed by atoms with Crippen molar-refractivity contribution in [1.29, 1.82) is 0 Å². The van der Waals surface area contributed by atoms with E-state index in [2.05, 4.69) is 12.6 Å². The van der Waals surface area contributed by atoms with Crippen molar-refractivity contribution >= 4 is 22.5 Å². The molecule has 0 spiro atoms. The van der Waals surface area contributed by atoms with E-state index in [4.69, 9.17) is 0 Å². The topological polar surface area (TPSA) is 34.1 Å². The molecular formula is C10H20O2S2. The lowest BCUT2D eigenvalue weighted by Gasteiger charge is -2.35. The summed E-state index contributed by atoms with van der Waals surface area (Å²) in [6.07, 6.45) is 1.81. The molecule has 2 nitrogen and oxygen atoms in total. The smallest absolute Gasteiger partial charge is 0.153 e. The lowest BCUT2D eigenvalue weighted by molar-refractivity contribution is 0.361. The molecule has 0 saturated carbocycles. The van der Waals surface area contributed by atoms with E-state index >= 15 is 0 Å². The van der Waals surface area contributed by atoms with Crippen LogP contribution in [0.5, 0.6) is 0 Å². The second kappa shape index (κ2) is 4.44. The zero-order chi connectivity index (χ0) is 10.9. The van der Waals surface area contributed by atoms with Crippen molar-refractivity contribution in [2.45, 2.75) is 44.1 Å². The molecule has 14 heavy (non-hydrogen) atoms. The van der Waals surface area contributed by atoms with Crippen LogP contribution in [0.3, 0.4) is 0 Å². The summed E-state index contributed by atoms with van der Waals surface area (Å²) in [7, 11) is -2.87. The first-order valence-corrected chi connectivity index (χ1v) is 7.49. The molecule has 4 heteroatoms. The van der Waals surface area contributed by atoms with Crippen molar-refractivity contribution in [3.63, 3.8) is 0 Å². The average Bonchev–Trinajstić information content (AvgIpc) is 2.00. The standard InChI is InChI=1S/C10H20O2S2/c1-7(2)10-9(8(3)13)5-4-6-14(10,11)12/h7-10,13H,4-6H2,1-3H3. The van der Waals surface area contributed by atoms with E-state index in [-0.39, 0.29) is 22.3 Å². The highest BCUT2D eigenvalue weighted by atomic mass is 32.2. The first-order chi connectivity index (χ1) is 6.36. The van der Waals surface area contributed by atoms with Crippen LogP contribution in [-0.2, 0) is 9.84 Å². The Morgan fingerprint density at radius 2 is 1.86 bits per heavy atom. The Kier molecular flexibility index (Phi) is 3.92. The predicted octanol–water partition coefficient (Wildman–Crippen LogP) is 2.15. The van der Waals surface area contributed by atoms with Gasteiger partial charge in [-0.25, -0.2) is 8.42 Å². The minimum absolute atomic E-state index is 0.177. The monoisotopic (exact) mass is 236 g/mol. The van der Waals surface area contributed by atoms with Crippen LogP contribution in [0.2, 0.25) is 0 Å². The minimum Gasteiger partial charge on any atom is -0.229 e. The van der Waals surface area contributed by atoms with Crippen LogP contribution in [0.15, 0.2) is 0 Å². The SMILES string of the molecule is CC(C)C1C(C(C)S)CCCS1(=O)=O. The van der Waals surface area contributed by atoms with Crippen molar-refractivity contribution in [2.75, 3.05) is 5.75 Å². The molecule has 1 saturated heterocycles. The van der Waals surface area contributed by atoms with Crippen LogP contribution >= 0.6 is 12.6 Å². The first kappa shape index (κ1) is 12.4. The Morgan fingerprint density at radius 3 is 2.21 bits per heavy atom. The van der Waals surface area contributed by atoms with Crippen LogP contribution in [0.4, 0.5) is 0 Å². The fourth-order valence-corrected chi connectivity index (χ4v) is 5.54. The molecule has 0 aromatic heterocycles. The van der Waals surface area contributed by atoms with Gasteiger partial charge in [-0.05, 0) is 24.7 Å². The third kappa shape index (κ3) is 2.45. The molecule has 0 aliphatic carbocycles. The van der Waals surface area contributed by atoms with Gasteiger partial charge < -0.3 is 0 Å². The highest BCUT2D eigenvalue weighted by Crippen LogP contribution is 2.34. The molecule has 0 bridgehead atoms. The number of sulfone groups is 1. The molecule has 0 aromatic rings. The molecule has 3 atom stereocenters. The normalized spacial score (nSPS) is 34.4. The molecule has 0 N–H and O–H groups in total. The summed E-state index contributed by atoms with van der Waals surface area (Å²) in [5.74, 6) is 0.810. The van der Waals surface area contributed by atoms with Crippen LogP contribution < -0.4 is 0 Å². The highest BCUT2D eigenvalue weighted by Gasteiger charge is 2.40. The summed E-state index contributed by atoms with van der Waals surface area (Å²) in [6, 6.07) is 0. The van der Waals surface area contributed by atoms with Crippen LogP contribution in [0.25, 0.3) is 0 Å². The molecule has 84 valence electrons. The third-order valence-corrected chi connectivity index (χ3v) is 6.04. The maximum atomic E-state index is 11.9. The van der Waals surface area contributed by atoms with Gasteiger partial charge in [0.1, 0.15) is 0 Å². The van der Waals surface area contributed by atoms with E-state index in [1.165, 1.54) is 0 Å². The van der Waals surface area contributed by atoms with E-state index in [1.807, 2.05) is 20.8 Å². The largest absolute Gasteiger partial charge is 0.229 e. The van der Waals surface area contributed by atoms with Crippen molar-refractivity contribution < 1.29 is 8.42 Å². The van der Waals surface area contributed by atoms with Crippen LogP contribution in [0, 0.1) is 11.8 Å². The van der Waals surface area contributed by atoms with Crippen LogP contribution in [-0.4, -0.2) is 24.7 Å². The van der Waals surface area contributed by atoms with Crippen molar-refractivity contribution in [1.82, 2.24) is 0 Å². The Balaban J connectivity index is 2.96. The molecule has 1 fully saturated rings. The van der Waals surface area contributed by atoms with E-state index in [9.17, 15) is 8.42 Å². The van der Waals surface area contributed by atoms with E-state index in [0.29, 0.717) is 5.75 Å². The van der Waals surface area contributed by atoms with E-state index < -0.39 is 9.84 Å². The van der Waals surface area contributed by atoms with Gasteiger partial charge >= 0.3 is 0 Å². The maximum absolute atomic E-state index is 11.9. The number of hydrogen-bond donors (Lipinski definition) is 1. The van der Waals surface area contributed by atoms with E-state index in [0.717, 1.165) is 12.8 Å². The summed E-state index contributed by atoms with van der Waals surface area (Å²) in [6.45, 7) is 6.00. The van der Waals surface area contributed by atoms with Gasteiger partial charge in [-0.1, -0.05) is 20.8 Å². The van der Waals surface area contributed by atoms with Crippen molar-refractivity contribution in [3.05, 3.63) is 0 Å². The van der Waals surface area contributed by atoms with Gasteiger partial charge in [0.25, 0.3) is 0 Å². The number of rotatable bonds is 2. The zero-order valence-electron chi connectivity index (χ0n) is 9.10. The predicted molar refractivity (Wildman–Crippen MR) is 63.6 cm³/mol. The minimum atomic E-state index is -2.87. The molecule has 1 rings (SSSR count). The fourth-order valence-electron chi connectivity index (χ4n) is 2.51. The second-order valence-electron chi connectivity index (χ2n) is 4.62. The Bertz CT molecular complexity index is 280. The summed E-state index contributed by atoms with van der Waals surface area (Å²) < 4.78 is 23.8. The molecule has 0 radical (unpaired) electrons. The molecule has 0 amide bonds. The molecule has 0 aromatic carbocycles. The molecule has 1 heterocycles. The quantitative estimate of drug-likeness (QED) is 0.746. The van der Waals surface area contributed by atoms with Crippen molar-refractivity contribution in [3.8, 4) is 0 Å². The Morgan fingerprint density at radius 1 is 1.29 bits per heavy atom. The molecule has 3 unspecified atom stereocenters. The molecule has 1 aliphatic rings. The van der Waals surface area contributed by atoms with Crippen molar-refractivity contribution in [2.24, 2.45) is 11.8 Å². The number of hydrogen-bond acceptors (Lipinski definition) is 3. The van der Waals surface area contributed by atoms with E-state index in [1.54, 1.807) is 0 Å². The van der Waals surface area contributed by atoms with Gasteiger partial charge in [-0.15, -0.1) is 0 Å².